The van der Waals surface area contributed by atoms with Crippen molar-refractivity contribution in [2.24, 2.45) is 0 Å². The van der Waals surface area contributed by atoms with Crippen molar-refractivity contribution in [3.63, 3.8) is 0 Å². The highest BCUT2D eigenvalue weighted by molar-refractivity contribution is 5.86. The Labute approximate surface area is 164 Å². The minimum Gasteiger partial charge on any atom is -0.497 e. The van der Waals surface area contributed by atoms with Gasteiger partial charge in [0.1, 0.15) is 17.9 Å². The summed E-state index contributed by atoms with van der Waals surface area (Å²) >= 11 is 0. The number of anilines is 1. The lowest BCUT2D eigenvalue weighted by Crippen LogP contribution is -2.27. The van der Waals surface area contributed by atoms with Crippen molar-refractivity contribution in [3.05, 3.63) is 42.4 Å². The van der Waals surface area contributed by atoms with Gasteiger partial charge in [-0.1, -0.05) is 19.1 Å². The first-order valence-corrected chi connectivity index (χ1v) is 9.51. The zero-order chi connectivity index (χ0) is 19.8. The van der Waals surface area contributed by atoms with Crippen LogP contribution in [0.25, 0.3) is 11.0 Å². The molecule has 0 radical (unpaired) electrons. The van der Waals surface area contributed by atoms with Crippen LogP contribution in [0.4, 0.5) is 5.82 Å². The minimum absolute atomic E-state index is 0.0206. The van der Waals surface area contributed by atoms with E-state index in [-0.39, 0.29) is 5.91 Å². The summed E-state index contributed by atoms with van der Waals surface area (Å²) in [6.45, 7) is 4.01. The van der Waals surface area contributed by atoms with Crippen LogP contribution in [0.5, 0.6) is 5.75 Å². The van der Waals surface area contributed by atoms with E-state index in [1.54, 1.807) is 18.0 Å². The quantitative estimate of drug-likeness (QED) is 0.559. The summed E-state index contributed by atoms with van der Waals surface area (Å²) in [6.07, 6.45) is 5.45. The summed E-state index contributed by atoms with van der Waals surface area (Å²) in [4.78, 5) is 20.7. The first kappa shape index (κ1) is 19.6. The fourth-order valence-corrected chi connectivity index (χ4v) is 2.88. The van der Waals surface area contributed by atoms with Crippen molar-refractivity contribution in [2.75, 3.05) is 25.5 Å². The molecule has 28 heavy (non-hydrogen) atoms. The molecule has 1 amide bonds. The Morgan fingerprint density at radius 1 is 1.18 bits per heavy atom. The molecular formula is C20H26N6O2. The average Bonchev–Trinajstić information content (AvgIpc) is 3.15. The number of fused-ring (bicyclic) bond motifs is 1. The van der Waals surface area contributed by atoms with Gasteiger partial charge in [0.2, 0.25) is 5.91 Å². The topological polar surface area (TPSA) is 94.0 Å². The predicted molar refractivity (Wildman–Crippen MR) is 108 cm³/mol. The van der Waals surface area contributed by atoms with E-state index in [2.05, 4.69) is 32.6 Å². The molecule has 0 bridgehead atoms. The molecule has 0 saturated carbocycles. The number of carbonyl (C=O) groups is 1. The molecule has 2 heterocycles. The van der Waals surface area contributed by atoms with Gasteiger partial charge >= 0.3 is 0 Å². The summed E-state index contributed by atoms with van der Waals surface area (Å²) in [5.74, 6) is 1.63. The normalized spacial score (nSPS) is 10.8. The number of benzene rings is 1. The Morgan fingerprint density at radius 2 is 2.00 bits per heavy atom. The molecule has 0 aliphatic heterocycles. The largest absolute Gasteiger partial charge is 0.497 e. The standard InChI is InChI=1S/C20H26N6O2/c1-3-10-22-19-17-13-25-26(20(17)24-14-23-19)12-11-21-18(27)9-6-15-4-7-16(28-2)8-5-15/h4-5,7-8,13-14H,3,6,9-12H2,1-2H3,(H,21,27)(H,22,23,24). The average molecular weight is 382 g/mol. The van der Waals surface area contributed by atoms with Crippen molar-refractivity contribution in [3.8, 4) is 5.75 Å². The zero-order valence-corrected chi connectivity index (χ0v) is 16.3. The van der Waals surface area contributed by atoms with Gasteiger partial charge in [-0.3, -0.25) is 4.79 Å². The summed E-state index contributed by atoms with van der Waals surface area (Å²) in [6, 6.07) is 7.76. The van der Waals surface area contributed by atoms with Crippen LogP contribution < -0.4 is 15.4 Å². The lowest BCUT2D eigenvalue weighted by Gasteiger charge is -2.07. The highest BCUT2D eigenvalue weighted by Crippen LogP contribution is 2.18. The monoisotopic (exact) mass is 382 g/mol. The smallest absolute Gasteiger partial charge is 0.220 e. The molecule has 148 valence electrons. The molecule has 0 spiro atoms. The molecule has 8 nitrogen and oxygen atoms in total. The lowest BCUT2D eigenvalue weighted by molar-refractivity contribution is -0.121. The highest BCUT2D eigenvalue weighted by Gasteiger charge is 2.09. The Kier molecular flexibility index (Phi) is 6.78. The SMILES string of the molecule is CCCNc1ncnc2c1cnn2CCNC(=O)CCc1ccc(OC)cc1. The van der Waals surface area contributed by atoms with Gasteiger partial charge in [0.15, 0.2) is 5.65 Å². The van der Waals surface area contributed by atoms with Crippen molar-refractivity contribution < 1.29 is 9.53 Å². The number of nitrogens with zero attached hydrogens (tertiary/aromatic N) is 4. The number of hydrogen-bond donors (Lipinski definition) is 2. The molecule has 0 unspecified atom stereocenters. The molecular weight excluding hydrogens is 356 g/mol. The lowest BCUT2D eigenvalue weighted by atomic mass is 10.1. The van der Waals surface area contributed by atoms with E-state index in [0.717, 1.165) is 41.1 Å². The second kappa shape index (κ2) is 9.68. The van der Waals surface area contributed by atoms with E-state index in [4.69, 9.17) is 4.74 Å². The van der Waals surface area contributed by atoms with Crippen LogP contribution in [0.2, 0.25) is 0 Å². The van der Waals surface area contributed by atoms with E-state index in [1.807, 2.05) is 24.3 Å². The van der Waals surface area contributed by atoms with Gasteiger partial charge < -0.3 is 15.4 Å². The van der Waals surface area contributed by atoms with E-state index in [1.165, 1.54) is 6.33 Å². The number of aromatic nitrogens is 4. The Hall–Kier alpha value is -3.16. The molecule has 3 rings (SSSR count). The van der Waals surface area contributed by atoms with Crippen LogP contribution in [0, 0.1) is 0 Å². The van der Waals surface area contributed by atoms with Crippen molar-refractivity contribution in [1.82, 2.24) is 25.1 Å². The van der Waals surface area contributed by atoms with E-state index in [9.17, 15) is 4.79 Å². The van der Waals surface area contributed by atoms with Gasteiger partial charge in [0.05, 0.1) is 25.2 Å². The summed E-state index contributed by atoms with van der Waals surface area (Å²) < 4.78 is 6.93. The molecule has 0 saturated heterocycles. The van der Waals surface area contributed by atoms with Gasteiger partial charge in [-0.2, -0.15) is 5.10 Å². The molecule has 8 heteroatoms. The molecule has 1 aromatic carbocycles. The molecule has 2 aromatic heterocycles. The van der Waals surface area contributed by atoms with Crippen LogP contribution in [0.3, 0.4) is 0 Å². The van der Waals surface area contributed by atoms with Crippen LogP contribution in [-0.4, -0.2) is 45.9 Å². The number of hydrogen-bond acceptors (Lipinski definition) is 6. The van der Waals surface area contributed by atoms with Gasteiger partial charge in [-0.25, -0.2) is 14.6 Å². The third-order valence-electron chi connectivity index (χ3n) is 4.42. The van der Waals surface area contributed by atoms with E-state index < -0.39 is 0 Å². The highest BCUT2D eigenvalue weighted by atomic mass is 16.5. The Bertz CT molecular complexity index is 907. The van der Waals surface area contributed by atoms with E-state index in [0.29, 0.717) is 25.9 Å². The fourth-order valence-electron chi connectivity index (χ4n) is 2.88. The predicted octanol–water partition coefficient (Wildman–Crippen LogP) is 2.41. The van der Waals surface area contributed by atoms with Gasteiger partial charge in [-0.15, -0.1) is 0 Å². The van der Waals surface area contributed by atoms with Crippen molar-refractivity contribution >= 4 is 22.8 Å². The van der Waals surface area contributed by atoms with Crippen LogP contribution in [0.1, 0.15) is 25.3 Å². The van der Waals surface area contributed by atoms with Crippen LogP contribution in [-0.2, 0) is 17.8 Å². The summed E-state index contributed by atoms with van der Waals surface area (Å²) in [5, 5.41) is 11.5. The summed E-state index contributed by atoms with van der Waals surface area (Å²) in [5.41, 5.74) is 1.87. The maximum Gasteiger partial charge on any atom is 0.220 e. The number of amides is 1. The maximum atomic E-state index is 12.1. The third-order valence-corrected chi connectivity index (χ3v) is 4.42. The van der Waals surface area contributed by atoms with Gasteiger partial charge in [0, 0.05) is 19.5 Å². The maximum absolute atomic E-state index is 12.1. The number of nitrogens with one attached hydrogen (secondary N) is 2. The third kappa shape index (κ3) is 4.97. The Balaban J connectivity index is 1.48. The Morgan fingerprint density at radius 3 is 2.75 bits per heavy atom. The zero-order valence-electron chi connectivity index (χ0n) is 16.3. The molecule has 0 aliphatic carbocycles. The second-order valence-electron chi connectivity index (χ2n) is 6.45. The molecule has 3 aromatic rings. The molecule has 0 atom stereocenters. The number of methoxy groups -OCH3 is 1. The molecule has 0 aliphatic rings. The molecule has 2 N–H and O–H groups in total. The number of rotatable bonds is 10. The van der Waals surface area contributed by atoms with Crippen molar-refractivity contribution in [2.45, 2.75) is 32.7 Å². The number of carbonyl (C=O) groups excluding carboxylic acids is 1. The number of ether oxygens (including phenoxy) is 1. The van der Waals surface area contributed by atoms with E-state index >= 15 is 0 Å². The fraction of sp³-hybridized carbons (Fsp3) is 0.400. The molecule has 0 fully saturated rings. The second-order valence-corrected chi connectivity index (χ2v) is 6.45. The van der Waals surface area contributed by atoms with Gasteiger partial charge in [-0.05, 0) is 30.5 Å². The number of aryl methyl sites for hydroxylation is 1. The van der Waals surface area contributed by atoms with Crippen LogP contribution >= 0.6 is 0 Å². The van der Waals surface area contributed by atoms with Gasteiger partial charge in [0.25, 0.3) is 0 Å². The summed E-state index contributed by atoms with van der Waals surface area (Å²) in [7, 11) is 1.64. The minimum atomic E-state index is 0.0206. The van der Waals surface area contributed by atoms with Crippen LogP contribution in [0.15, 0.2) is 36.8 Å². The first-order valence-electron chi connectivity index (χ1n) is 9.51. The van der Waals surface area contributed by atoms with Crippen molar-refractivity contribution in [1.29, 1.82) is 0 Å². The first-order chi connectivity index (χ1) is 13.7.